The molecule has 0 saturated carbocycles. The van der Waals surface area contributed by atoms with E-state index in [-0.39, 0.29) is 4.21 Å². The van der Waals surface area contributed by atoms with Gasteiger partial charge in [0.05, 0.1) is 4.34 Å². The molecule has 114 valence electrons. The van der Waals surface area contributed by atoms with Crippen molar-refractivity contribution in [1.82, 2.24) is 0 Å². The Hall–Kier alpha value is -1.24. The van der Waals surface area contributed by atoms with Gasteiger partial charge in [-0.25, -0.2) is 8.42 Å². The van der Waals surface area contributed by atoms with Gasteiger partial charge in [0.2, 0.25) is 0 Å². The van der Waals surface area contributed by atoms with Crippen LogP contribution in [0.15, 0.2) is 40.6 Å². The van der Waals surface area contributed by atoms with E-state index in [2.05, 4.69) is 23.5 Å². The van der Waals surface area contributed by atoms with Gasteiger partial charge in [-0.05, 0) is 50.2 Å². The zero-order valence-corrected chi connectivity index (χ0v) is 14.2. The molecule has 1 N–H and O–H groups in total. The summed E-state index contributed by atoms with van der Waals surface area (Å²) in [6.07, 6.45) is 0. The highest BCUT2D eigenvalue weighted by Gasteiger charge is 2.16. The number of nitrogens with zero attached hydrogens (tertiary/aromatic N) is 1. The van der Waals surface area contributed by atoms with Crippen molar-refractivity contribution in [3.05, 3.63) is 40.7 Å². The average molecular weight is 345 g/mol. The summed E-state index contributed by atoms with van der Waals surface area (Å²) in [4.78, 5) is 2.19. The van der Waals surface area contributed by atoms with Gasteiger partial charge < -0.3 is 4.90 Å². The van der Waals surface area contributed by atoms with Crippen molar-refractivity contribution < 1.29 is 8.42 Å². The molecule has 0 spiro atoms. The van der Waals surface area contributed by atoms with E-state index in [1.54, 1.807) is 18.2 Å². The number of nitrogens with one attached hydrogen (secondary N) is 1. The van der Waals surface area contributed by atoms with Gasteiger partial charge in [0.25, 0.3) is 10.0 Å². The van der Waals surface area contributed by atoms with Crippen molar-refractivity contribution >= 4 is 44.3 Å². The highest BCUT2D eigenvalue weighted by molar-refractivity contribution is 7.94. The number of hydrogen-bond acceptors (Lipinski definition) is 4. The quantitative estimate of drug-likeness (QED) is 0.860. The lowest BCUT2D eigenvalue weighted by molar-refractivity contribution is 0.603. The van der Waals surface area contributed by atoms with Crippen LogP contribution in [-0.4, -0.2) is 21.5 Å². The minimum Gasteiger partial charge on any atom is -0.372 e. The van der Waals surface area contributed by atoms with E-state index in [1.807, 2.05) is 12.1 Å². The van der Waals surface area contributed by atoms with Gasteiger partial charge in [-0.3, -0.25) is 4.72 Å². The van der Waals surface area contributed by atoms with Crippen LogP contribution in [0, 0.1) is 0 Å². The Morgan fingerprint density at radius 1 is 1.10 bits per heavy atom. The number of halogens is 1. The lowest BCUT2D eigenvalue weighted by Crippen LogP contribution is -2.21. The Labute approximate surface area is 134 Å². The molecule has 2 aromatic rings. The topological polar surface area (TPSA) is 49.4 Å². The molecule has 0 aliphatic heterocycles. The van der Waals surface area contributed by atoms with Gasteiger partial charge in [-0.1, -0.05) is 11.6 Å². The second-order valence-corrected chi connectivity index (χ2v) is 8.01. The third-order valence-corrected chi connectivity index (χ3v) is 6.17. The standard InChI is InChI=1S/C14H17ClN2O2S2/c1-3-17(4-2)12-7-5-11(6-8-12)16-21(18,19)14-10-9-13(15)20-14/h5-10,16H,3-4H2,1-2H3. The van der Waals surface area contributed by atoms with E-state index in [1.165, 1.54) is 6.07 Å². The average Bonchev–Trinajstić information content (AvgIpc) is 2.89. The molecule has 7 heteroatoms. The van der Waals surface area contributed by atoms with E-state index in [0.717, 1.165) is 30.1 Å². The lowest BCUT2D eigenvalue weighted by atomic mass is 10.2. The van der Waals surface area contributed by atoms with Crippen LogP contribution in [0.5, 0.6) is 0 Å². The minimum atomic E-state index is -3.57. The van der Waals surface area contributed by atoms with Crippen LogP contribution in [-0.2, 0) is 10.0 Å². The Bertz CT molecular complexity index is 692. The molecule has 0 unspecified atom stereocenters. The molecule has 0 fully saturated rings. The largest absolute Gasteiger partial charge is 0.372 e. The van der Waals surface area contributed by atoms with Crippen molar-refractivity contribution in [3.8, 4) is 0 Å². The van der Waals surface area contributed by atoms with Crippen LogP contribution < -0.4 is 9.62 Å². The first-order valence-corrected chi connectivity index (χ1v) is 9.27. The summed E-state index contributed by atoms with van der Waals surface area (Å²) in [5.41, 5.74) is 1.61. The fourth-order valence-electron chi connectivity index (χ4n) is 1.98. The summed E-state index contributed by atoms with van der Waals surface area (Å²) < 4.78 is 27.6. The molecule has 0 radical (unpaired) electrons. The van der Waals surface area contributed by atoms with E-state index < -0.39 is 10.0 Å². The number of sulfonamides is 1. The molecule has 2 rings (SSSR count). The maximum atomic E-state index is 12.2. The first-order chi connectivity index (χ1) is 9.96. The molecule has 4 nitrogen and oxygen atoms in total. The highest BCUT2D eigenvalue weighted by Crippen LogP contribution is 2.27. The number of thiophene rings is 1. The van der Waals surface area contributed by atoms with E-state index in [9.17, 15) is 8.42 Å². The van der Waals surface area contributed by atoms with Crippen LogP contribution in [0.1, 0.15) is 13.8 Å². The molecule has 0 aliphatic carbocycles. The molecule has 0 amide bonds. The fourth-order valence-corrected chi connectivity index (χ4v) is 4.52. The summed E-state index contributed by atoms with van der Waals surface area (Å²) >= 11 is 6.81. The smallest absolute Gasteiger partial charge is 0.271 e. The van der Waals surface area contributed by atoms with Gasteiger partial charge in [0.15, 0.2) is 0 Å². The van der Waals surface area contributed by atoms with E-state index in [0.29, 0.717) is 10.0 Å². The third-order valence-electron chi connectivity index (χ3n) is 3.06. The first kappa shape index (κ1) is 16.1. The van der Waals surface area contributed by atoms with Crippen LogP contribution in [0.4, 0.5) is 11.4 Å². The second-order valence-electron chi connectivity index (χ2n) is 4.38. The van der Waals surface area contributed by atoms with Gasteiger partial charge in [-0.15, -0.1) is 11.3 Å². The molecule has 1 heterocycles. The van der Waals surface area contributed by atoms with E-state index >= 15 is 0 Å². The zero-order valence-electron chi connectivity index (χ0n) is 11.8. The number of rotatable bonds is 6. The van der Waals surface area contributed by atoms with Crippen molar-refractivity contribution in [3.63, 3.8) is 0 Å². The molecule has 0 saturated heterocycles. The van der Waals surface area contributed by atoms with Crippen molar-refractivity contribution in [2.75, 3.05) is 22.7 Å². The predicted molar refractivity (Wildman–Crippen MR) is 90.1 cm³/mol. The summed E-state index contributed by atoms with van der Waals surface area (Å²) in [7, 11) is -3.57. The molecular formula is C14H17ClN2O2S2. The van der Waals surface area contributed by atoms with Crippen LogP contribution in [0.2, 0.25) is 4.34 Å². The normalized spacial score (nSPS) is 11.4. The molecular weight excluding hydrogens is 328 g/mol. The SMILES string of the molecule is CCN(CC)c1ccc(NS(=O)(=O)c2ccc(Cl)s2)cc1. The maximum Gasteiger partial charge on any atom is 0.271 e. The zero-order chi connectivity index (χ0) is 15.5. The Balaban J connectivity index is 2.17. The fraction of sp³-hybridized carbons (Fsp3) is 0.286. The van der Waals surface area contributed by atoms with Crippen molar-refractivity contribution in [1.29, 1.82) is 0 Å². The Kier molecular flexibility index (Phi) is 5.13. The predicted octanol–water partition coefficient (Wildman–Crippen LogP) is 4.05. The summed E-state index contributed by atoms with van der Waals surface area (Å²) in [5, 5.41) is 0. The number of hydrogen-bond donors (Lipinski definition) is 1. The summed E-state index contributed by atoms with van der Waals surface area (Å²) in [6.45, 7) is 5.99. The molecule has 0 bridgehead atoms. The second kappa shape index (κ2) is 6.68. The van der Waals surface area contributed by atoms with Crippen LogP contribution in [0.3, 0.4) is 0 Å². The summed E-state index contributed by atoms with van der Waals surface area (Å²) in [5.74, 6) is 0. The lowest BCUT2D eigenvalue weighted by Gasteiger charge is -2.21. The van der Waals surface area contributed by atoms with Crippen molar-refractivity contribution in [2.45, 2.75) is 18.1 Å². The number of anilines is 2. The Morgan fingerprint density at radius 2 is 1.71 bits per heavy atom. The van der Waals surface area contributed by atoms with Crippen LogP contribution >= 0.6 is 22.9 Å². The van der Waals surface area contributed by atoms with E-state index in [4.69, 9.17) is 11.6 Å². The molecule has 21 heavy (non-hydrogen) atoms. The van der Waals surface area contributed by atoms with Gasteiger partial charge in [0, 0.05) is 24.5 Å². The molecule has 0 aliphatic rings. The molecule has 1 aromatic carbocycles. The van der Waals surface area contributed by atoms with Gasteiger partial charge >= 0.3 is 0 Å². The van der Waals surface area contributed by atoms with Crippen LogP contribution in [0.25, 0.3) is 0 Å². The van der Waals surface area contributed by atoms with Gasteiger partial charge in [0.1, 0.15) is 4.21 Å². The monoisotopic (exact) mass is 344 g/mol. The highest BCUT2D eigenvalue weighted by atomic mass is 35.5. The van der Waals surface area contributed by atoms with Gasteiger partial charge in [-0.2, -0.15) is 0 Å². The minimum absolute atomic E-state index is 0.209. The molecule has 0 atom stereocenters. The maximum absolute atomic E-state index is 12.2. The Morgan fingerprint density at radius 3 is 2.19 bits per heavy atom. The first-order valence-electron chi connectivity index (χ1n) is 6.59. The van der Waals surface area contributed by atoms with Crippen molar-refractivity contribution in [2.24, 2.45) is 0 Å². The molecule has 1 aromatic heterocycles. The third kappa shape index (κ3) is 3.90. The number of benzene rings is 1. The summed E-state index contributed by atoms with van der Waals surface area (Å²) in [6, 6.07) is 10.4.